The Labute approximate surface area is 113 Å². The second kappa shape index (κ2) is 6.98. The zero-order valence-electron chi connectivity index (χ0n) is 10.7. The van der Waals surface area contributed by atoms with E-state index in [2.05, 4.69) is 0 Å². The number of benzene rings is 1. The zero-order chi connectivity index (χ0) is 14.4. The molecule has 0 fully saturated rings. The van der Waals surface area contributed by atoms with E-state index in [1.807, 2.05) is 6.92 Å². The Morgan fingerprint density at radius 2 is 2.11 bits per heavy atom. The molecule has 0 aliphatic rings. The van der Waals surface area contributed by atoms with Gasteiger partial charge in [-0.25, -0.2) is 0 Å². The van der Waals surface area contributed by atoms with Crippen molar-refractivity contribution in [2.24, 2.45) is 0 Å². The third-order valence-electron chi connectivity index (χ3n) is 2.46. The summed E-state index contributed by atoms with van der Waals surface area (Å²) in [6.45, 7) is 3.59. The molecule has 0 aliphatic heterocycles. The van der Waals surface area contributed by atoms with Crippen molar-refractivity contribution in [1.29, 1.82) is 0 Å². The summed E-state index contributed by atoms with van der Waals surface area (Å²) in [7, 11) is -1.78. The van der Waals surface area contributed by atoms with Gasteiger partial charge in [-0.15, -0.1) is 0 Å². The number of nitro groups is 1. The molecule has 0 aromatic heterocycles. The molecule has 0 saturated heterocycles. The quantitative estimate of drug-likeness (QED) is 0.453. The van der Waals surface area contributed by atoms with Crippen LogP contribution in [0.2, 0.25) is 0 Å². The monoisotopic (exact) mass is 285 g/mol. The molecule has 0 bridgehead atoms. The van der Waals surface area contributed by atoms with Crippen LogP contribution >= 0.6 is 0 Å². The highest BCUT2D eigenvalue weighted by atomic mass is 32.2. The van der Waals surface area contributed by atoms with Gasteiger partial charge < -0.3 is 4.74 Å². The topological polar surface area (TPSA) is 86.5 Å². The lowest BCUT2D eigenvalue weighted by atomic mass is 10.3. The summed E-state index contributed by atoms with van der Waals surface area (Å²) in [5.41, 5.74) is -0.253. The second-order valence-corrected chi connectivity index (χ2v) is 5.34. The summed E-state index contributed by atoms with van der Waals surface area (Å²) >= 11 is 0. The number of carbonyl (C=O) groups excluding carboxylic acids is 1. The highest BCUT2D eigenvalue weighted by Crippen LogP contribution is 2.21. The molecule has 0 saturated carbocycles. The van der Waals surface area contributed by atoms with Crippen LogP contribution in [-0.4, -0.2) is 27.0 Å². The van der Waals surface area contributed by atoms with Crippen molar-refractivity contribution in [2.45, 2.75) is 31.3 Å². The van der Waals surface area contributed by atoms with Crippen LogP contribution in [0.25, 0.3) is 0 Å². The lowest BCUT2D eigenvalue weighted by Gasteiger charge is -2.10. The zero-order valence-corrected chi connectivity index (χ0v) is 11.5. The predicted octanol–water partition coefficient (Wildman–Crippen LogP) is 2.04. The van der Waals surface area contributed by atoms with Crippen LogP contribution in [0.1, 0.15) is 20.3 Å². The molecule has 0 spiro atoms. The lowest BCUT2D eigenvalue weighted by Crippen LogP contribution is -2.20. The summed E-state index contributed by atoms with van der Waals surface area (Å²) in [6, 6.07) is 5.66. The van der Waals surface area contributed by atoms with E-state index >= 15 is 0 Å². The largest absolute Gasteiger partial charge is 0.462 e. The molecule has 0 radical (unpaired) electrons. The fourth-order valence-corrected chi connectivity index (χ4v) is 2.37. The Morgan fingerprint density at radius 3 is 2.68 bits per heavy atom. The average Bonchev–Trinajstić information content (AvgIpc) is 2.38. The number of hydrogen-bond donors (Lipinski definition) is 0. The van der Waals surface area contributed by atoms with Crippen molar-refractivity contribution in [3.05, 3.63) is 34.4 Å². The van der Waals surface area contributed by atoms with Crippen molar-refractivity contribution < 1.29 is 18.7 Å². The molecule has 19 heavy (non-hydrogen) atoms. The van der Waals surface area contributed by atoms with Crippen molar-refractivity contribution in [3.8, 4) is 0 Å². The summed E-state index contributed by atoms with van der Waals surface area (Å²) in [5.74, 6) is -0.999. The molecule has 0 unspecified atom stereocenters. The summed E-state index contributed by atoms with van der Waals surface area (Å²) < 4.78 is 16.9. The van der Waals surface area contributed by atoms with E-state index in [1.165, 1.54) is 18.2 Å². The Morgan fingerprint density at radius 1 is 1.47 bits per heavy atom. The number of para-hydroxylation sites is 1. The molecular weight excluding hydrogens is 270 g/mol. The van der Waals surface area contributed by atoms with Gasteiger partial charge in [0.25, 0.3) is 5.69 Å². The number of nitro benzene ring substituents is 1. The Kier molecular flexibility index (Phi) is 5.62. The highest BCUT2D eigenvalue weighted by molar-refractivity contribution is 7.85. The first kappa shape index (κ1) is 15.3. The summed E-state index contributed by atoms with van der Waals surface area (Å²) in [5, 5.41) is 10.8. The van der Waals surface area contributed by atoms with Crippen LogP contribution in [0.4, 0.5) is 5.69 Å². The van der Waals surface area contributed by atoms with Crippen molar-refractivity contribution in [1.82, 2.24) is 0 Å². The molecule has 1 aromatic carbocycles. The molecule has 2 atom stereocenters. The molecule has 0 heterocycles. The van der Waals surface area contributed by atoms with Crippen LogP contribution in [0, 0.1) is 10.1 Å². The van der Waals surface area contributed by atoms with Gasteiger partial charge in [0.05, 0.1) is 21.8 Å². The highest BCUT2D eigenvalue weighted by Gasteiger charge is 2.21. The molecule has 6 nitrogen and oxygen atoms in total. The summed E-state index contributed by atoms with van der Waals surface area (Å²) in [4.78, 5) is 21.7. The van der Waals surface area contributed by atoms with Crippen molar-refractivity contribution in [3.63, 3.8) is 0 Å². The maximum absolute atomic E-state index is 12.0. The van der Waals surface area contributed by atoms with Crippen molar-refractivity contribution >= 4 is 22.5 Å². The van der Waals surface area contributed by atoms with Gasteiger partial charge in [0.2, 0.25) is 0 Å². The Balaban J connectivity index is 2.79. The van der Waals surface area contributed by atoms with Gasteiger partial charge in [-0.1, -0.05) is 19.1 Å². The van der Waals surface area contributed by atoms with Gasteiger partial charge in [-0.3, -0.25) is 19.1 Å². The Bertz CT molecular complexity index is 503. The molecular formula is C12H15NO5S. The smallest absolute Gasteiger partial charge is 0.319 e. The number of esters is 1. The maximum Gasteiger partial charge on any atom is 0.319 e. The van der Waals surface area contributed by atoms with Crippen LogP contribution < -0.4 is 0 Å². The first-order valence-corrected chi connectivity index (χ1v) is 7.08. The first-order chi connectivity index (χ1) is 8.95. The number of rotatable bonds is 6. The third-order valence-corrected chi connectivity index (χ3v) is 3.80. The molecule has 0 N–H and O–H groups in total. The minimum absolute atomic E-state index is 0.0357. The van der Waals surface area contributed by atoms with Gasteiger partial charge in [-0.2, -0.15) is 0 Å². The fourth-order valence-electron chi connectivity index (χ4n) is 1.33. The summed E-state index contributed by atoms with van der Waals surface area (Å²) in [6.07, 6.45) is 0.402. The average molecular weight is 285 g/mol. The Hall–Kier alpha value is -1.76. The van der Waals surface area contributed by atoms with E-state index in [-0.39, 0.29) is 22.4 Å². The molecule has 104 valence electrons. The van der Waals surface area contributed by atoms with E-state index in [1.54, 1.807) is 13.0 Å². The molecule has 1 rings (SSSR count). The standard InChI is InChI=1S/C12H15NO5S/c1-3-9(2)18-12(14)8-19(17)11-7-5-4-6-10(11)13(15)16/h4-7,9H,3,8H2,1-2H3/t9-,19+/m0/s1. The molecule has 0 aliphatic carbocycles. The number of ether oxygens (including phenoxy) is 1. The van der Waals surface area contributed by atoms with Crippen LogP contribution in [0.5, 0.6) is 0 Å². The minimum Gasteiger partial charge on any atom is -0.462 e. The van der Waals surface area contributed by atoms with Gasteiger partial charge in [0, 0.05) is 6.07 Å². The number of carbonyl (C=O) groups is 1. The van der Waals surface area contributed by atoms with Crippen molar-refractivity contribution in [2.75, 3.05) is 5.75 Å². The number of nitrogens with zero attached hydrogens (tertiary/aromatic N) is 1. The van der Waals surface area contributed by atoms with E-state index in [4.69, 9.17) is 4.74 Å². The van der Waals surface area contributed by atoms with E-state index in [0.717, 1.165) is 0 Å². The minimum atomic E-state index is -1.78. The van der Waals surface area contributed by atoms with E-state index in [9.17, 15) is 19.1 Å². The normalized spacial score (nSPS) is 13.6. The SMILES string of the molecule is CC[C@H](C)OC(=O)C[S@@](=O)c1ccccc1[N+](=O)[O-]. The van der Waals surface area contributed by atoms with Gasteiger partial charge in [-0.05, 0) is 19.4 Å². The lowest BCUT2D eigenvalue weighted by molar-refractivity contribution is -0.387. The van der Waals surface area contributed by atoms with Gasteiger partial charge in [0.1, 0.15) is 10.6 Å². The van der Waals surface area contributed by atoms with Crippen LogP contribution in [-0.2, 0) is 20.3 Å². The third kappa shape index (κ3) is 4.44. The van der Waals surface area contributed by atoms with Gasteiger partial charge >= 0.3 is 5.97 Å². The second-order valence-electron chi connectivity index (χ2n) is 3.92. The molecule has 0 amide bonds. The van der Waals surface area contributed by atoms with E-state index < -0.39 is 21.7 Å². The van der Waals surface area contributed by atoms with Crippen LogP contribution in [0.3, 0.4) is 0 Å². The first-order valence-electron chi connectivity index (χ1n) is 5.77. The molecule has 1 aromatic rings. The van der Waals surface area contributed by atoms with Gasteiger partial charge in [0.15, 0.2) is 0 Å². The predicted molar refractivity (Wildman–Crippen MR) is 70.2 cm³/mol. The van der Waals surface area contributed by atoms with E-state index in [0.29, 0.717) is 6.42 Å². The molecule has 7 heteroatoms. The fraction of sp³-hybridized carbons (Fsp3) is 0.417. The maximum atomic E-state index is 12.0. The van der Waals surface area contributed by atoms with Crippen LogP contribution in [0.15, 0.2) is 29.2 Å². The number of hydrogen-bond acceptors (Lipinski definition) is 5.